The molecule has 1 aliphatic rings. The van der Waals surface area contributed by atoms with Gasteiger partial charge < -0.3 is 4.74 Å². The fourth-order valence-electron chi connectivity index (χ4n) is 6.11. The van der Waals surface area contributed by atoms with Crippen LogP contribution < -0.4 is 4.74 Å². The summed E-state index contributed by atoms with van der Waals surface area (Å²) < 4.78 is 47.9. The van der Waals surface area contributed by atoms with Crippen LogP contribution in [0, 0.1) is 19.3 Å². The zero-order chi connectivity index (χ0) is 32.2. The summed E-state index contributed by atoms with van der Waals surface area (Å²) in [6.45, 7) is 6.58. The van der Waals surface area contributed by atoms with Crippen LogP contribution in [0.15, 0.2) is 113 Å². The number of fused-ring (bicyclic) bond motifs is 2. The van der Waals surface area contributed by atoms with Gasteiger partial charge in [-0.15, -0.1) is 0 Å². The van der Waals surface area contributed by atoms with Gasteiger partial charge in [0.1, 0.15) is 11.5 Å². The van der Waals surface area contributed by atoms with Crippen molar-refractivity contribution < 1.29 is 17.9 Å². The molecule has 0 saturated carbocycles. The number of benzene rings is 4. The van der Waals surface area contributed by atoms with Crippen LogP contribution in [0.1, 0.15) is 30.5 Å². The number of rotatable bonds is 6. The van der Waals surface area contributed by atoms with E-state index in [-0.39, 0.29) is 6.42 Å². The Bertz CT molecular complexity index is 2120. The molecule has 3 nitrogen and oxygen atoms in total. The van der Waals surface area contributed by atoms with E-state index in [9.17, 15) is 13.2 Å². The highest BCUT2D eigenvalue weighted by molar-refractivity contribution is 8.00. The Kier molecular flexibility index (Phi) is 7.40. The van der Waals surface area contributed by atoms with Gasteiger partial charge in [-0.05, 0) is 114 Å². The van der Waals surface area contributed by atoms with Crippen molar-refractivity contribution in [3.05, 3.63) is 120 Å². The maximum Gasteiger partial charge on any atom is 0.394 e. The Labute approximate surface area is 270 Å². The average Bonchev–Trinajstić information content (AvgIpc) is 3.00. The molecule has 46 heavy (non-hydrogen) atoms. The lowest BCUT2D eigenvalue weighted by Gasteiger charge is -2.29. The number of alkyl halides is 3. The number of halogens is 3. The van der Waals surface area contributed by atoms with Gasteiger partial charge >= 0.3 is 6.18 Å². The first kappa shape index (κ1) is 30.1. The Morgan fingerprint density at radius 1 is 0.717 bits per heavy atom. The molecule has 3 heterocycles. The van der Waals surface area contributed by atoms with Gasteiger partial charge in [0, 0.05) is 38.7 Å². The molecule has 0 atom stereocenters. The second kappa shape index (κ2) is 11.3. The lowest BCUT2D eigenvalue weighted by molar-refractivity contribution is -0.211. The van der Waals surface area contributed by atoms with Gasteiger partial charge in [-0.2, -0.15) is 13.2 Å². The zero-order valence-electron chi connectivity index (χ0n) is 25.9. The predicted octanol–water partition coefficient (Wildman–Crippen LogP) is 11.6. The molecule has 4 aromatic carbocycles. The van der Waals surface area contributed by atoms with Gasteiger partial charge in [0.05, 0.1) is 16.8 Å². The zero-order valence-corrected chi connectivity index (χ0v) is 26.7. The van der Waals surface area contributed by atoms with Crippen molar-refractivity contribution in [3.63, 3.8) is 0 Å². The van der Waals surface area contributed by atoms with E-state index >= 15 is 0 Å². The van der Waals surface area contributed by atoms with E-state index in [1.54, 1.807) is 18.0 Å². The molecule has 230 valence electrons. The number of ether oxygens (including phenoxy) is 1. The molecule has 0 radical (unpaired) electrons. The number of aromatic nitrogens is 2. The quantitative estimate of drug-likeness (QED) is 0.183. The summed E-state index contributed by atoms with van der Waals surface area (Å²) in [5, 5.41) is 2.00. The minimum absolute atomic E-state index is 0.101. The van der Waals surface area contributed by atoms with Crippen molar-refractivity contribution in [2.24, 2.45) is 5.41 Å². The Balaban J connectivity index is 1.28. The van der Waals surface area contributed by atoms with Crippen molar-refractivity contribution in [3.8, 4) is 45.1 Å². The number of aryl methyl sites for hydroxylation is 2. The summed E-state index contributed by atoms with van der Waals surface area (Å²) in [7, 11) is 0. The highest BCUT2D eigenvalue weighted by Gasteiger charge is 2.47. The van der Waals surface area contributed by atoms with Crippen molar-refractivity contribution in [2.75, 3.05) is 0 Å². The van der Waals surface area contributed by atoms with E-state index in [1.807, 2.05) is 92.8 Å². The van der Waals surface area contributed by atoms with Gasteiger partial charge in [-0.1, -0.05) is 55.9 Å². The average molecular weight is 633 g/mol. The molecular weight excluding hydrogens is 602 g/mol. The molecule has 0 bridgehead atoms. The Morgan fingerprint density at radius 3 is 2.17 bits per heavy atom. The second-order valence-corrected chi connectivity index (χ2v) is 13.6. The molecular formula is C39H31F3N2OS. The van der Waals surface area contributed by atoms with E-state index in [1.165, 1.54) is 13.8 Å². The first-order valence-electron chi connectivity index (χ1n) is 15.1. The summed E-state index contributed by atoms with van der Waals surface area (Å²) in [6, 6.07) is 29.9. The lowest BCUT2D eigenvalue weighted by atomic mass is 9.84. The third kappa shape index (κ3) is 5.64. The molecule has 7 rings (SSSR count). The van der Waals surface area contributed by atoms with E-state index in [4.69, 9.17) is 9.72 Å². The fourth-order valence-corrected chi connectivity index (χ4v) is 7.43. The summed E-state index contributed by atoms with van der Waals surface area (Å²) in [5.74, 6) is 1.40. The molecule has 0 aliphatic carbocycles. The summed E-state index contributed by atoms with van der Waals surface area (Å²) >= 11 is 1.57. The molecule has 0 N–H and O–H groups in total. The van der Waals surface area contributed by atoms with Gasteiger partial charge in [0.2, 0.25) is 0 Å². The van der Waals surface area contributed by atoms with Crippen molar-refractivity contribution in [1.82, 2.24) is 9.97 Å². The van der Waals surface area contributed by atoms with Crippen molar-refractivity contribution in [1.29, 1.82) is 0 Å². The van der Waals surface area contributed by atoms with Crippen LogP contribution >= 0.6 is 11.8 Å². The summed E-state index contributed by atoms with van der Waals surface area (Å²) in [4.78, 5) is 11.2. The van der Waals surface area contributed by atoms with Crippen LogP contribution in [0.5, 0.6) is 11.5 Å². The number of pyridine rings is 2. The van der Waals surface area contributed by atoms with Crippen molar-refractivity contribution >= 4 is 22.5 Å². The molecule has 0 unspecified atom stereocenters. The highest BCUT2D eigenvalue weighted by atomic mass is 32.2. The number of hydrogen-bond donors (Lipinski definition) is 0. The third-order valence-electron chi connectivity index (χ3n) is 8.39. The van der Waals surface area contributed by atoms with E-state index in [0.717, 1.165) is 65.3 Å². The third-order valence-corrected chi connectivity index (χ3v) is 9.55. The monoisotopic (exact) mass is 632 g/mol. The number of nitrogens with zero attached hydrogens (tertiary/aromatic N) is 2. The standard InChI is InChI=1S/C39H31F3N2OS/c1-23-14-27(33-10-5-6-12-43-33)20-29(16-23)45-30-17-24(2)15-28(21-30)36-37-32(11-13-44-36)31-9-7-8-26-18-25(19-34(46-37)35(26)31)22-38(3,4)39(40,41)42/h5-21H,22H2,1-4H3. The topological polar surface area (TPSA) is 35.0 Å². The Hall–Kier alpha value is -4.62. The fraction of sp³-hybridized carbons (Fsp3) is 0.179. The van der Waals surface area contributed by atoms with Gasteiger partial charge in [-0.25, -0.2) is 0 Å². The van der Waals surface area contributed by atoms with E-state index in [0.29, 0.717) is 17.1 Å². The van der Waals surface area contributed by atoms with Crippen LogP contribution in [0.3, 0.4) is 0 Å². The van der Waals surface area contributed by atoms with E-state index < -0.39 is 11.6 Å². The molecule has 1 aliphatic heterocycles. The SMILES string of the molecule is Cc1cc(Oc2cc(C)cc(-c3nccc4c3Sc3cc(CC(C)(C)C(F)(F)F)cc5cccc-4c35)c2)cc(-c2ccccn2)c1. The van der Waals surface area contributed by atoms with Gasteiger partial charge in [0.25, 0.3) is 0 Å². The molecule has 0 spiro atoms. The van der Waals surface area contributed by atoms with Gasteiger partial charge in [-0.3, -0.25) is 9.97 Å². The Morgan fingerprint density at radius 2 is 1.46 bits per heavy atom. The molecule has 2 aromatic heterocycles. The maximum absolute atomic E-state index is 13.8. The maximum atomic E-state index is 13.8. The largest absolute Gasteiger partial charge is 0.457 e. The minimum atomic E-state index is -4.30. The van der Waals surface area contributed by atoms with Crippen LogP contribution in [0.2, 0.25) is 0 Å². The van der Waals surface area contributed by atoms with Crippen LogP contribution in [0.25, 0.3) is 44.4 Å². The first-order chi connectivity index (χ1) is 21.9. The van der Waals surface area contributed by atoms with E-state index in [2.05, 4.69) is 23.2 Å². The summed E-state index contributed by atoms with van der Waals surface area (Å²) in [5.41, 5.74) is 6.57. The van der Waals surface area contributed by atoms with Crippen molar-refractivity contribution in [2.45, 2.75) is 50.1 Å². The first-order valence-corrected chi connectivity index (χ1v) is 15.9. The van der Waals surface area contributed by atoms with Crippen LogP contribution in [0.4, 0.5) is 13.2 Å². The smallest absolute Gasteiger partial charge is 0.394 e. The number of hydrogen-bond acceptors (Lipinski definition) is 4. The highest BCUT2D eigenvalue weighted by Crippen LogP contribution is 2.52. The summed E-state index contributed by atoms with van der Waals surface area (Å²) in [6.07, 6.45) is -0.807. The molecule has 7 heteroatoms. The van der Waals surface area contributed by atoms with Crippen LogP contribution in [-0.4, -0.2) is 16.1 Å². The van der Waals surface area contributed by atoms with Crippen LogP contribution in [-0.2, 0) is 6.42 Å². The minimum Gasteiger partial charge on any atom is -0.457 e. The molecule has 6 aromatic rings. The molecule has 0 amide bonds. The molecule has 0 saturated heterocycles. The molecule has 0 fully saturated rings. The lowest BCUT2D eigenvalue weighted by Crippen LogP contribution is -2.34. The predicted molar refractivity (Wildman–Crippen MR) is 179 cm³/mol. The second-order valence-electron chi connectivity index (χ2n) is 12.6. The normalized spacial score (nSPS) is 12.7. The van der Waals surface area contributed by atoms with Gasteiger partial charge in [0.15, 0.2) is 0 Å².